The summed E-state index contributed by atoms with van der Waals surface area (Å²) in [6.45, 7) is 1.00. The summed E-state index contributed by atoms with van der Waals surface area (Å²) in [6, 6.07) is 14.7. The molecule has 0 aromatic heterocycles. The number of carbonyl (C=O) groups excluding carboxylic acids is 1. The van der Waals surface area contributed by atoms with Crippen LogP contribution in [0.2, 0.25) is 0 Å². The Balaban J connectivity index is 1.89. The van der Waals surface area contributed by atoms with Crippen LogP contribution in [-0.4, -0.2) is 38.6 Å². The number of methoxy groups -OCH3 is 1. The molecule has 0 radical (unpaired) electrons. The number of amides is 1. The Kier molecular flexibility index (Phi) is 4.89. The van der Waals surface area contributed by atoms with Crippen LogP contribution in [0.1, 0.15) is 42.0 Å². The molecule has 5 heteroatoms. The Labute approximate surface area is 167 Å². The SMILES string of the molecule is COc1cc2c(cc1[C@@]1(N)CCCN(C)[C@H]1c1ccccc1)N(C)C(=O)CC2. The summed E-state index contributed by atoms with van der Waals surface area (Å²) in [7, 11) is 5.69. The lowest BCUT2D eigenvalue weighted by molar-refractivity contribution is -0.118. The van der Waals surface area contributed by atoms with Crippen molar-refractivity contribution in [2.24, 2.45) is 5.73 Å². The predicted octanol–water partition coefficient (Wildman–Crippen LogP) is 3.23. The van der Waals surface area contributed by atoms with E-state index in [-0.39, 0.29) is 11.9 Å². The summed E-state index contributed by atoms with van der Waals surface area (Å²) >= 11 is 0. The number of aryl methyl sites for hydroxylation is 1. The largest absolute Gasteiger partial charge is 0.496 e. The van der Waals surface area contributed by atoms with Crippen LogP contribution in [0.15, 0.2) is 42.5 Å². The zero-order valence-corrected chi connectivity index (χ0v) is 16.9. The van der Waals surface area contributed by atoms with Gasteiger partial charge in [-0.1, -0.05) is 30.3 Å². The normalized spacial score (nSPS) is 25.5. The van der Waals surface area contributed by atoms with Gasteiger partial charge in [0.05, 0.1) is 18.7 Å². The Morgan fingerprint density at radius 2 is 1.89 bits per heavy atom. The first-order valence-electron chi connectivity index (χ1n) is 9.97. The molecule has 2 aromatic carbocycles. The summed E-state index contributed by atoms with van der Waals surface area (Å²) in [6.07, 6.45) is 3.17. The van der Waals surface area contributed by atoms with E-state index >= 15 is 0 Å². The zero-order chi connectivity index (χ0) is 19.9. The number of likely N-dealkylation sites (N-methyl/N-ethyl adjacent to an activating group) is 1. The summed E-state index contributed by atoms with van der Waals surface area (Å²) < 4.78 is 5.81. The van der Waals surface area contributed by atoms with Gasteiger partial charge in [0.2, 0.25) is 5.91 Å². The van der Waals surface area contributed by atoms with E-state index in [0.717, 1.165) is 48.4 Å². The molecule has 0 aliphatic carbocycles. The molecule has 5 nitrogen and oxygen atoms in total. The van der Waals surface area contributed by atoms with E-state index in [4.69, 9.17) is 10.5 Å². The first-order valence-corrected chi connectivity index (χ1v) is 9.97. The molecule has 4 rings (SSSR count). The number of carbonyl (C=O) groups is 1. The van der Waals surface area contributed by atoms with Crippen molar-refractivity contribution in [1.82, 2.24) is 4.90 Å². The third-order valence-corrected chi connectivity index (χ3v) is 6.39. The van der Waals surface area contributed by atoms with Gasteiger partial charge in [-0.25, -0.2) is 0 Å². The number of hydrogen-bond donors (Lipinski definition) is 1. The molecule has 2 heterocycles. The van der Waals surface area contributed by atoms with E-state index in [0.29, 0.717) is 6.42 Å². The topological polar surface area (TPSA) is 58.8 Å². The third-order valence-electron chi connectivity index (χ3n) is 6.39. The maximum absolute atomic E-state index is 12.3. The molecule has 2 aliphatic heterocycles. The smallest absolute Gasteiger partial charge is 0.227 e. The molecule has 2 N–H and O–H groups in total. The molecule has 0 saturated carbocycles. The van der Waals surface area contributed by atoms with Gasteiger partial charge in [-0.2, -0.15) is 0 Å². The van der Waals surface area contributed by atoms with Crippen molar-refractivity contribution in [2.45, 2.75) is 37.3 Å². The number of anilines is 1. The van der Waals surface area contributed by atoms with Crippen molar-refractivity contribution in [2.75, 3.05) is 32.6 Å². The average Bonchev–Trinajstić information content (AvgIpc) is 2.70. The van der Waals surface area contributed by atoms with Crippen molar-refractivity contribution < 1.29 is 9.53 Å². The average molecular weight is 380 g/mol. The van der Waals surface area contributed by atoms with Crippen molar-refractivity contribution in [3.05, 3.63) is 59.2 Å². The molecule has 28 heavy (non-hydrogen) atoms. The van der Waals surface area contributed by atoms with Crippen LogP contribution in [0, 0.1) is 0 Å². The third kappa shape index (κ3) is 2.99. The number of fused-ring (bicyclic) bond motifs is 1. The molecule has 2 aromatic rings. The lowest BCUT2D eigenvalue weighted by Crippen LogP contribution is -2.53. The van der Waals surface area contributed by atoms with Gasteiger partial charge in [0.1, 0.15) is 5.75 Å². The summed E-state index contributed by atoms with van der Waals surface area (Å²) in [5, 5.41) is 0. The van der Waals surface area contributed by atoms with Crippen LogP contribution >= 0.6 is 0 Å². The highest BCUT2D eigenvalue weighted by Crippen LogP contribution is 2.48. The highest BCUT2D eigenvalue weighted by molar-refractivity contribution is 5.96. The number of benzene rings is 2. The number of rotatable bonds is 3. The molecule has 0 bridgehead atoms. The first kappa shape index (κ1) is 19.0. The number of ether oxygens (including phenoxy) is 1. The van der Waals surface area contributed by atoms with E-state index in [1.165, 1.54) is 5.56 Å². The number of nitrogens with two attached hydrogens (primary N) is 1. The Morgan fingerprint density at radius 1 is 1.14 bits per heavy atom. The molecule has 0 unspecified atom stereocenters. The number of piperidine rings is 1. The maximum atomic E-state index is 12.3. The monoisotopic (exact) mass is 379 g/mol. The van der Waals surface area contributed by atoms with Crippen molar-refractivity contribution in [3.8, 4) is 5.75 Å². The molecule has 1 amide bonds. The van der Waals surface area contributed by atoms with Gasteiger partial charge in [0, 0.05) is 24.7 Å². The Morgan fingerprint density at radius 3 is 2.61 bits per heavy atom. The lowest BCUT2D eigenvalue weighted by atomic mass is 9.73. The summed E-state index contributed by atoms with van der Waals surface area (Å²) in [4.78, 5) is 16.4. The van der Waals surface area contributed by atoms with Gasteiger partial charge < -0.3 is 15.4 Å². The highest BCUT2D eigenvalue weighted by Gasteiger charge is 2.45. The van der Waals surface area contributed by atoms with Crippen LogP contribution in [0.4, 0.5) is 5.69 Å². The standard InChI is InChI=1S/C23H29N3O2/c1-25-13-7-12-23(24,22(25)16-8-5-4-6-9-16)18-15-19-17(14-20(18)28-3)10-11-21(27)26(19)2/h4-6,8-9,14-15,22H,7,10-13,24H2,1-3H3/t22-,23-/m0/s1. The Bertz CT molecular complexity index is 883. The highest BCUT2D eigenvalue weighted by atomic mass is 16.5. The second-order valence-electron chi connectivity index (χ2n) is 8.07. The van der Waals surface area contributed by atoms with Crippen molar-refractivity contribution >= 4 is 11.6 Å². The fourth-order valence-electron chi connectivity index (χ4n) is 4.95. The van der Waals surface area contributed by atoms with E-state index < -0.39 is 5.54 Å². The second kappa shape index (κ2) is 7.22. The number of nitrogens with zero attached hydrogens (tertiary/aromatic N) is 2. The quantitative estimate of drug-likeness (QED) is 0.890. The van der Waals surface area contributed by atoms with Crippen molar-refractivity contribution in [1.29, 1.82) is 0 Å². The maximum Gasteiger partial charge on any atom is 0.227 e. The lowest BCUT2D eigenvalue weighted by Gasteiger charge is -2.48. The van der Waals surface area contributed by atoms with Gasteiger partial charge in [-0.05, 0) is 56.1 Å². The minimum atomic E-state index is -0.601. The zero-order valence-electron chi connectivity index (χ0n) is 16.9. The van der Waals surface area contributed by atoms with Gasteiger partial charge in [0.15, 0.2) is 0 Å². The van der Waals surface area contributed by atoms with E-state index in [1.807, 2.05) is 13.1 Å². The van der Waals surface area contributed by atoms with Crippen LogP contribution in [0.5, 0.6) is 5.75 Å². The molecular formula is C23H29N3O2. The van der Waals surface area contributed by atoms with Crippen LogP contribution in [0.25, 0.3) is 0 Å². The molecular weight excluding hydrogens is 350 g/mol. The second-order valence-corrected chi connectivity index (χ2v) is 8.07. The van der Waals surface area contributed by atoms with Gasteiger partial charge in [0.25, 0.3) is 0 Å². The summed E-state index contributed by atoms with van der Waals surface area (Å²) in [5.74, 6) is 0.968. The van der Waals surface area contributed by atoms with E-state index in [9.17, 15) is 4.79 Å². The van der Waals surface area contributed by atoms with Crippen LogP contribution in [-0.2, 0) is 16.8 Å². The van der Waals surface area contributed by atoms with E-state index in [2.05, 4.69) is 48.3 Å². The fourth-order valence-corrected chi connectivity index (χ4v) is 4.95. The van der Waals surface area contributed by atoms with Crippen molar-refractivity contribution in [3.63, 3.8) is 0 Å². The molecule has 1 saturated heterocycles. The molecule has 1 fully saturated rings. The molecule has 2 atom stereocenters. The Hall–Kier alpha value is -2.37. The first-order chi connectivity index (χ1) is 13.5. The summed E-state index contributed by atoms with van der Waals surface area (Å²) in [5.41, 5.74) is 10.9. The van der Waals surface area contributed by atoms with Gasteiger partial charge in [-0.15, -0.1) is 0 Å². The minimum Gasteiger partial charge on any atom is -0.496 e. The van der Waals surface area contributed by atoms with Crippen LogP contribution < -0.4 is 15.4 Å². The fraction of sp³-hybridized carbons (Fsp3) is 0.435. The van der Waals surface area contributed by atoms with Gasteiger partial charge in [-0.3, -0.25) is 9.69 Å². The molecule has 148 valence electrons. The predicted molar refractivity (Wildman–Crippen MR) is 112 cm³/mol. The van der Waals surface area contributed by atoms with Gasteiger partial charge >= 0.3 is 0 Å². The number of likely N-dealkylation sites (tertiary alicyclic amines) is 1. The molecule has 0 spiro atoms. The minimum absolute atomic E-state index is 0.0407. The van der Waals surface area contributed by atoms with Crippen LogP contribution in [0.3, 0.4) is 0 Å². The number of hydrogen-bond acceptors (Lipinski definition) is 4. The molecule has 2 aliphatic rings. The van der Waals surface area contributed by atoms with E-state index in [1.54, 1.807) is 12.0 Å².